The zero-order valence-corrected chi connectivity index (χ0v) is 8.43. The van der Waals surface area contributed by atoms with E-state index in [4.69, 9.17) is 20.4 Å². The van der Waals surface area contributed by atoms with Crippen LogP contribution in [0.15, 0.2) is 35.2 Å². The Morgan fingerprint density at radius 1 is 1.07 bits per heavy atom. The third-order valence-corrected chi connectivity index (χ3v) is 1.72. The van der Waals surface area contributed by atoms with Gasteiger partial charge in [0.1, 0.15) is 0 Å². The number of benzene rings is 1. The van der Waals surface area contributed by atoms with E-state index in [-0.39, 0.29) is 0 Å². The van der Waals surface area contributed by atoms with Gasteiger partial charge in [-0.2, -0.15) is 0 Å². The molecular formula is C9H10N2O2S. The van der Waals surface area contributed by atoms with Gasteiger partial charge in [0.15, 0.2) is 0 Å². The van der Waals surface area contributed by atoms with E-state index in [1.165, 1.54) is 4.90 Å². The molecule has 0 aliphatic rings. The van der Waals surface area contributed by atoms with Gasteiger partial charge in [-0.3, -0.25) is 0 Å². The summed E-state index contributed by atoms with van der Waals surface area (Å²) >= 11 is 1.77. The van der Waals surface area contributed by atoms with Gasteiger partial charge >= 0.3 is 0 Å². The maximum atomic E-state index is 8.35. The average Bonchev–Trinajstić information content (AvgIpc) is 2.21. The number of rotatable bonds is 1. The molecule has 0 radical (unpaired) electrons. The van der Waals surface area contributed by atoms with Gasteiger partial charge in [-0.25, -0.2) is 20.4 Å². The van der Waals surface area contributed by atoms with Gasteiger partial charge < -0.3 is 0 Å². The summed E-state index contributed by atoms with van der Waals surface area (Å²) in [6.45, 7) is 0. The van der Waals surface area contributed by atoms with Crippen LogP contribution >= 0.6 is 11.8 Å². The van der Waals surface area contributed by atoms with Gasteiger partial charge in [0.2, 0.25) is 12.2 Å². The van der Waals surface area contributed by atoms with Crippen LogP contribution in [0.1, 0.15) is 0 Å². The minimum absolute atomic E-state index is 0.750. The molecular weight excluding hydrogens is 200 g/mol. The van der Waals surface area contributed by atoms with Crippen LogP contribution in [-0.4, -0.2) is 18.4 Å². The lowest BCUT2D eigenvalue weighted by atomic mass is 10.4. The molecule has 0 saturated heterocycles. The highest BCUT2D eigenvalue weighted by Gasteiger charge is 1.80. The van der Waals surface area contributed by atoms with Crippen molar-refractivity contribution in [3.05, 3.63) is 30.3 Å². The van der Waals surface area contributed by atoms with Crippen LogP contribution < -0.4 is 0 Å². The lowest BCUT2D eigenvalue weighted by Crippen LogP contribution is -1.62. The van der Waals surface area contributed by atoms with Gasteiger partial charge in [-0.1, -0.05) is 18.2 Å². The third kappa shape index (κ3) is 13.0. The Labute approximate surface area is 86.4 Å². The minimum Gasteiger partial charge on any atom is -0.222 e. The quantitative estimate of drug-likeness (QED) is 0.423. The molecule has 0 saturated carbocycles. The summed E-state index contributed by atoms with van der Waals surface area (Å²) in [4.78, 5) is 18.0. The van der Waals surface area contributed by atoms with Crippen molar-refractivity contribution in [2.24, 2.45) is 0 Å². The van der Waals surface area contributed by atoms with E-state index in [0.29, 0.717) is 0 Å². The van der Waals surface area contributed by atoms with E-state index < -0.39 is 0 Å². The van der Waals surface area contributed by atoms with Crippen LogP contribution in [0.3, 0.4) is 0 Å². The van der Waals surface area contributed by atoms with Crippen molar-refractivity contribution in [2.45, 2.75) is 4.90 Å². The molecule has 0 aliphatic carbocycles. The van der Waals surface area contributed by atoms with Crippen molar-refractivity contribution in [1.29, 1.82) is 10.8 Å². The highest BCUT2D eigenvalue weighted by atomic mass is 32.2. The molecule has 2 N–H and O–H groups in total. The van der Waals surface area contributed by atoms with Crippen LogP contribution in [0.5, 0.6) is 0 Å². The molecule has 0 amide bonds. The molecule has 1 rings (SSSR count). The molecule has 0 atom stereocenters. The zero-order chi connectivity index (χ0) is 11.2. The molecule has 0 spiro atoms. The predicted molar refractivity (Wildman–Crippen MR) is 55.0 cm³/mol. The molecule has 1 aromatic carbocycles. The number of thioether (sulfide) groups is 1. The van der Waals surface area contributed by atoms with Crippen molar-refractivity contribution < 1.29 is 9.59 Å². The van der Waals surface area contributed by atoms with E-state index >= 15 is 0 Å². The molecule has 0 aliphatic heterocycles. The van der Waals surface area contributed by atoms with E-state index in [2.05, 4.69) is 18.4 Å². The number of nitrogens with one attached hydrogen (secondary N) is 2. The lowest BCUT2D eigenvalue weighted by molar-refractivity contribution is 0.562. The van der Waals surface area contributed by atoms with E-state index in [1.54, 1.807) is 11.8 Å². The van der Waals surface area contributed by atoms with Crippen molar-refractivity contribution in [2.75, 3.05) is 6.26 Å². The smallest absolute Gasteiger partial charge is 0.222 e. The third-order valence-electron chi connectivity index (χ3n) is 0.979. The lowest BCUT2D eigenvalue weighted by Gasteiger charge is -1.89. The maximum absolute atomic E-state index is 8.35. The topological polar surface area (TPSA) is 81.8 Å². The van der Waals surface area contributed by atoms with E-state index in [9.17, 15) is 0 Å². The average molecular weight is 210 g/mol. The van der Waals surface area contributed by atoms with Crippen LogP contribution in [0, 0.1) is 10.8 Å². The summed E-state index contributed by atoms with van der Waals surface area (Å²) < 4.78 is 0. The van der Waals surface area contributed by atoms with Crippen molar-refractivity contribution in [3.8, 4) is 0 Å². The number of isocyanates is 2. The SMILES string of the molecule is CSc1ccccc1.N=C=O.N=C=O. The Hall–Kier alpha value is -1.67. The number of hydrogen-bond donors (Lipinski definition) is 2. The van der Waals surface area contributed by atoms with Crippen LogP contribution in [0.25, 0.3) is 0 Å². The Morgan fingerprint density at radius 3 is 1.64 bits per heavy atom. The molecule has 74 valence electrons. The predicted octanol–water partition coefficient (Wildman–Crippen LogP) is 2.21. The Kier molecular flexibility index (Phi) is 14.7. The first-order valence-corrected chi connectivity index (χ1v) is 4.66. The minimum atomic E-state index is 0.750. The fraction of sp³-hybridized carbons (Fsp3) is 0.111. The maximum Gasteiger partial charge on any atom is 0.231 e. The van der Waals surface area contributed by atoms with E-state index in [1.807, 2.05) is 18.2 Å². The van der Waals surface area contributed by atoms with Crippen molar-refractivity contribution >= 4 is 23.9 Å². The highest BCUT2D eigenvalue weighted by Crippen LogP contribution is 2.11. The highest BCUT2D eigenvalue weighted by molar-refractivity contribution is 7.98. The summed E-state index contributed by atoms with van der Waals surface area (Å²) in [6.07, 6.45) is 3.58. The second kappa shape index (κ2) is 13.9. The van der Waals surface area contributed by atoms with Crippen LogP contribution in [0.4, 0.5) is 0 Å². The van der Waals surface area contributed by atoms with Gasteiger partial charge in [0, 0.05) is 4.90 Å². The molecule has 0 unspecified atom stereocenters. The molecule has 4 nitrogen and oxygen atoms in total. The molecule has 5 heteroatoms. The van der Waals surface area contributed by atoms with Gasteiger partial charge in [-0.15, -0.1) is 11.8 Å². The monoisotopic (exact) mass is 210 g/mol. The van der Waals surface area contributed by atoms with Gasteiger partial charge in [0.05, 0.1) is 0 Å². The first-order chi connectivity index (χ1) is 6.76. The standard InChI is InChI=1S/C7H8S.2CHNO/c1-8-7-5-3-2-4-6-7;2*2-1-3/h2-6H,1H3;2*2H. The van der Waals surface area contributed by atoms with Crippen LogP contribution in [-0.2, 0) is 9.59 Å². The molecule has 1 aromatic rings. The number of hydrogen-bond acceptors (Lipinski definition) is 5. The Bertz CT molecular complexity index is 277. The summed E-state index contributed by atoms with van der Waals surface area (Å²) in [5, 5.41) is 10.8. The molecule has 0 heterocycles. The zero-order valence-electron chi connectivity index (χ0n) is 7.61. The van der Waals surface area contributed by atoms with Gasteiger partial charge in [0.25, 0.3) is 0 Å². The Morgan fingerprint density at radius 2 is 1.43 bits per heavy atom. The second-order valence-corrected chi connectivity index (χ2v) is 2.60. The van der Waals surface area contributed by atoms with Crippen molar-refractivity contribution in [1.82, 2.24) is 0 Å². The molecule has 14 heavy (non-hydrogen) atoms. The molecule has 0 bridgehead atoms. The van der Waals surface area contributed by atoms with Crippen molar-refractivity contribution in [3.63, 3.8) is 0 Å². The summed E-state index contributed by atoms with van der Waals surface area (Å²) in [7, 11) is 0. The normalized spacial score (nSPS) is 6.36. The van der Waals surface area contributed by atoms with Crippen LogP contribution in [0.2, 0.25) is 0 Å². The Balaban J connectivity index is 0. The first kappa shape index (κ1) is 14.8. The fourth-order valence-corrected chi connectivity index (χ4v) is 0.986. The fourth-order valence-electron chi connectivity index (χ4n) is 0.557. The van der Waals surface area contributed by atoms with Gasteiger partial charge in [-0.05, 0) is 18.4 Å². The summed E-state index contributed by atoms with van der Waals surface area (Å²) in [5.74, 6) is 0. The second-order valence-electron chi connectivity index (χ2n) is 1.72. The molecule has 0 aromatic heterocycles. The summed E-state index contributed by atoms with van der Waals surface area (Å²) in [5.41, 5.74) is 0. The number of carbonyl (C=O) groups excluding carboxylic acids is 2. The van der Waals surface area contributed by atoms with E-state index in [0.717, 1.165) is 12.2 Å². The summed E-state index contributed by atoms with van der Waals surface area (Å²) in [6, 6.07) is 10.3. The largest absolute Gasteiger partial charge is 0.231 e. The molecule has 0 fully saturated rings. The first-order valence-electron chi connectivity index (χ1n) is 3.43.